The van der Waals surface area contributed by atoms with Crippen LogP contribution < -0.4 is 5.56 Å². The molecule has 1 aromatic carbocycles. The van der Waals surface area contributed by atoms with Crippen LogP contribution in [-0.2, 0) is 11.3 Å². The number of hydrogen-bond donors (Lipinski definition) is 0. The van der Waals surface area contributed by atoms with E-state index in [1.165, 1.54) is 35.1 Å². The van der Waals surface area contributed by atoms with Gasteiger partial charge in [-0.15, -0.1) is 11.3 Å². The zero-order valence-corrected chi connectivity index (χ0v) is 22.0. The minimum Gasteiger partial charge on any atom is -0.339 e. The zero-order chi connectivity index (χ0) is 24.5. The molecular formula is C27H30N4O2S2. The highest BCUT2D eigenvalue weighted by Gasteiger charge is 2.24. The van der Waals surface area contributed by atoms with Crippen molar-refractivity contribution in [2.45, 2.75) is 63.7 Å². The smallest absolute Gasteiger partial charge is 0.272 e. The molecule has 3 aromatic heterocycles. The number of fused-ring (bicyclic) bond motifs is 3. The maximum Gasteiger partial charge on any atom is 0.272 e. The Kier molecular flexibility index (Phi) is 6.93. The Morgan fingerprint density at radius 3 is 2.74 bits per heavy atom. The Labute approximate surface area is 213 Å². The number of benzene rings is 1. The molecule has 1 fully saturated rings. The van der Waals surface area contributed by atoms with Gasteiger partial charge < -0.3 is 4.90 Å². The summed E-state index contributed by atoms with van der Waals surface area (Å²) >= 11 is 2.75. The first-order valence-corrected chi connectivity index (χ1v) is 14.0. The third-order valence-corrected chi connectivity index (χ3v) is 8.80. The van der Waals surface area contributed by atoms with Crippen molar-refractivity contribution in [3.05, 3.63) is 64.1 Å². The topological polar surface area (TPSA) is 68.1 Å². The maximum absolute atomic E-state index is 13.7. The number of carbonyl (C=O) groups is 1. The molecule has 4 aromatic rings. The van der Waals surface area contributed by atoms with E-state index in [-0.39, 0.29) is 23.3 Å². The van der Waals surface area contributed by atoms with Crippen LogP contribution in [0.2, 0.25) is 0 Å². The Morgan fingerprint density at radius 1 is 1.20 bits per heavy atom. The number of thiophene rings is 1. The summed E-state index contributed by atoms with van der Waals surface area (Å²) in [5, 5.41) is 1.47. The van der Waals surface area contributed by atoms with Crippen LogP contribution in [0.5, 0.6) is 0 Å². The van der Waals surface area contributed by atoms with Crippen LogP contribution in [0.3, 0.4) is 0 Å². The Morgan fingerprint density at radius 2 is 2.00 bits per heavy atom. The fourth-order valence-corrected chi connectivity index (χ4v) is 6.57. The minimum absolute atomic E-state index is 0.0766. The molecule has 0 spiro atoms. The highest BCUT2D eigenvalue weighted by Crippen LogP contribution is 2.31. The number of amides is 1. The van der Waals surface area contributed by atoms with Gasteiger partial charge in [0.1, 0.15) is 9.53 Å². The molecule has 0 bridgehead atoms. The number of rotatable bonds is 6. The lowest BCUT2D eigenvalue weighted by molar-refractivity contribution is -0.131. The van der Waals surface area contributed by atoms with Gasteiger partial charge in [-0.1, -0.05) is 49.9 Å². The van der Waals surface area contributed by atoms with Crippen molar-refractivity contribution in [2.24, 2.45) is 0 Å². The van der Waals surface area contributed by atoms with Crippen LogP contribution >= 0.6 is 23.1 Å². The molecule has 5 rings (SSSR count). The molecule has 0 saturated carbocycles. The van der Waals surface area contributed by atoms with Gasteiger partial charge in [-0.25, -0.2) is 9.97 Å². The van der Waals surface area contributed by atoms with Crippen molar-refractivity contribution in [2.75, 3.05) is 12.3 Å². The van der Waals surface area contributed by atoms with Crippen LogP contribution in [-0.4, -0.2) is 43.7 Å². The number of nitrogens with zero attached hydrogens (tertiary/aromatic N) is 4. The summed E-state index contributed by atoms with van der Waals surface area (Å²) in [7, 11) is 0. The zero-order valence-electron chi connectivity index (χ0n) is 20.4. The maximum atomic E-state index is 13.7. The molecule has 0 aliphatic carbocycles. The van der Waals surface area contributed by atoms with Crippen molar-refractivity contribution >= 4 is 49.4 Å². The first kappa shape index (κ1) is 24.0. The van der Waals surface area contributed by atoms with Crippen molar-refractivity contribution in [1.82, 2.24) is 19.4 Å². The third kappa shape index (κ3) is 4.86. The van der Waals surface area contributed by atoms with Crippen molar-refractivity contribution in [1.29, 1.82) is 0 Å². The summed E-state index contributed by atoms with van der Waals surface area (Å²) in [6, 6.07) is 12.5. The van der Waals surface area contributed by atoms with Gasteiger partial charge in [0, 0.05) is 24.2 Å². The van der Waals surface area contributed by atoms with E-state index >= 15 is 0 Å². The molecule has 1 amide bonds. The number of thioether (sulfide) groups is 1. The van der Waals surface area contributed by atoms with E-state index in [1.54, 1.807) is 10.8 Å². The molecule has 0 N–H and O–H groups in total. The number of piperidine rings is 1. The third-order valence-electron chi connectivity index (χ3n) is 6.75. The van der Waals surface area contributed by atoms with Crippen LogP contribution in [0.4, 0.5) is 0 Å². The Balaban J connectivity index is 1.52. The summed E-state index contributed by atoms with van der Waals surface area (Å²) in [5.74, 6) is 0.834. The first-order valence-electron chi connectivity index (χ1n) is 12.2. The number of pyridine rings is 1. The summed E-state index contributed by atoms with van der Waals surface area (Å²) in [6.45, 7) is 7.68. The standard InChI is InChI=1S/C27H30N4O2S2/c1-17(2)20-11-9-19(10-12-20)15-31-26(33)24-23(21-8-6-13-28-25(21)35-24)29-27(31)34-16-22(32)30-14-5-4-7-18(30)3/h6,8-13,17-18H,4-5,7,14-16H2,1-3H3/t18-/m0/s1. The molecule has 0 unspecified atom stereocenters. The van der Waals surface area contributed by atoms with Crippen LogP contribution in [0.1, 0.15) is 57.1 Å². The second kappa shape index (κ2) is 10.1. The summed E-state index contributed by atoms with van der Waals surface area (Å²) in [5.41, 5.74) is 2.90. The number of carbonyl (C=O) groups excluding carboxylic acids is 1. The van der Waals surface area contributed by atoms with Crippen molar-refractivity contribution in [3.63, 3.8) is 0 Å². The average molecular weight is 507 g/mol. The van der Waals surface area contributed by atoms with E-state index in [0.29, 0.717) is 27.8 Å². The molecule has 1 atom stereocenters. The molecule has 6 nitrogen and oxygen atoms in total. The largest absolute Gasteiger partial charge is 0.339 e. The Hall–Kier alpha value is -2.71. The molecule has 1 saturated heterocycles. The van der Waals surface area contributed by atoms with Crippen LogP contribution in [0.15, 0.2) is 52.5 Å². The SMILES string of the molecule is CC(C)c1ccc(Cn2c(SCC(=O)N3CCCC[C@@H]3C)nc3c(sc4ncccc43)c2=O)cc1. The van der Waals surface area contributed by atoms with E-state index in [9.17, 15) is 9.59 Å². The lowest BCUT2D eigenvalue weighted by Crippen LogP contribution is -2.43. The predicted molar refractivity (Wildman–Crippen MR) is 145 cm³/mol. The van der Waals surface area contributed by atoms with Gasteiger partial charge in [0.15, 0.2) is 5.16 Å². The highest BCUT2D eigenvalue weighted by atomic mass is 32.2. The molecule has 8 heteroatoms. The van der Waals surface area contributed by atoms with Gasteiger partial charge in [-0.2, -0.15) is 0 Å². The fourth-order valence-electron chi connectivity index (χ4n) is 4.66. The van der Waals surface area contributed by atoms with E-state index in [2.05, 4.69) is 50.0 Å². The second-order valence-corrected chi connectivity index (χ2v) is 11.5. The van der Waals surface area contributed by atoms with Crippen molar-refractivity contribution < 1.29 is 4.79 Å². The minimum atomic E-state index is -0.0766. The monoisotopic (exact) mass is 506 g/mol. The van der Waals surface area contributed by atoms with E-state index < -0.39 is 0 Å². The normalized spacial score (nSPS) is 16.5. The quantitative estimate of drug-likeness (QED) is 0.249. The second-order valence-electron chi connectivity index (χ2n) is 9.54. The lowest BCUT2D eigenvalue weighted by Gasteiger charge is -2.33. The van der Waals surface area contributed by atoms with Crippen molar-refractivity contribution in [3.8, 4) is 0 Å². The predicted octanol–water partition coefficient (Wildman–Crippen LogP) is 5.67. The highest BCUT2D eigenvalue weighted by molar-refractivity contribution is 7.99. The van der Waals surface area contributed by atoms with Gasteiger partial charge in [0.05, 0.1) is 17.8 Å². The molecule has 1 aliphatic heterocycles. The van der Waals surface area contributed by atoms with Crippen LogP contribution in [0, 0.1) is 0 Å². The fraction of sp³-hybridized carbons (Fsp3) is 0.407. The number of likely N-dealkylation sites (tertiary alicyclic amines) is 1. The number of hydrogen-bond acceptors (Lipinski definition) is 6. The summed E-state index contributed by atoms with van der Waals surface area (Å²) < 4.78 is 2.33. The first-order chi connectivity index (χ1) is 16.9. The van der Waals surface area contributed by atoms with Gasteiger partial charge in [0.25, 0.3) is 5.56 Å². The molecular weight excluding hydrogens is 476 g/mol. The summed E-state index contributed by atoms with van der Waals surface area (Å²) in [4.78, 5) is 38.9. The Bertz CT molecular complexity index is 1430. The molecule has 4 heterocycles. The van der Waals surface area contributed by atoms with E-state index in [1.807, 2.05) is 17.0 Å². The molecule has 35 heavy (non-hydrogen) atoms. The molecule has 182 valence electrons. The molecule has 0 radical (unpaired) electrons. The van der Waals surface area contributed by atoms with Gasteiger partial charge in [-0.05, 0) is 55.4 Å². The van der Waals surface area contributed by atoms with E-state index in [4.69, 9.17) is 4.98 Å². The van der Waals surface area contributed by atoms with Crippen LogP contribution in [0.25, 0.3) is 20.4 Å². The number of aromatic nitrogens is 3. The lowest BCUT2D eigenvalue weighted by atomic mass is 10.0. The van der Waals surface area contributed by atoms with Gasteiger partial charge in [-0.3, -0.25) is 14.2 Å². The van der Waals surface area contributed by atoms with Gasteiger partial charge >= 0.3 is 0 Å². The van der Waals surface area contributed by atoms with Gasteiger partial charge in [0.2, 0.25) is 5.91 Å². The van der Waals surface area contributed by atoms with E-state index in [0.717, 1.165) is 35.2 Å². The molecule has 1 aliphatic rings. The average Bonchev–Trinajstić information content (AvgIpc) is 3.24. The summed E-state index contributed by atoms with van der Waals surface area (Å²) in [6.07, 6.45) is 5.01.